The van der Waals surface area contributed by atoms with E-state index in [-0.39, 0.29) is 30.2 Å². The van der Waals surface area contributed by atoms with Gasteiger partial charge in [0.05, 0.1) is 23.2 Å². The Hall–Kier alpha value is -2.21. The summed E-state index contributed by atoms with van der Waals surface area (Å²) in [7, 11) is 0. The van der Waals surface area contributed by atoms with Crippen molar-refractivity contribution in [3.05, 3.63) is 40.3 Å². The first-order chi connectivity index (χ1) is 11.1. The summed E-state index contributed by atoms with van der Waals surface area (Å²) in [6.07, 6.45) is 2.03. The number of benzene rings is 1. The molecule has 3 rings (SSSR count). The van der Waals surface area contributed by atoms with Crippen LogP contribution >= 0.6 is 0 Å². The minimum Gasteiger partial charge on any atom is -0.376 e. The summed E-state index contributed by atoms with van der Waals surface area (Å²) in [4.78, 5) is 24.7. The zero-order valence-corrected chi connectivity index (χ0v) is 13.4. The SMILES string of the molecule is Cc1nn(CC(=O)N[C@@H](C)[C@H]2CCCO2)c(=O)c2ccccc12. The van der Waals surface area contributed by atoms with E-state index in [4.69, 9.17) is 4.74 Å². The van der Waals surface area contributed by atoms with Crippen molar-refractivity contribution in [2.24, 2.45) is 0 Å². The zero-order valence-electron chi connectivity index (χ0n) is 13.4. The molecule has 2 heterocycles. The maximum Gasteiger partial charge on any atom is 0.275 e. The van der Waals surface area contributed by atoms with Crippen molar-refractivity contribution in [2.45, 2.75) is 45.4 Å². The third-order valence-corrected chi connectivity index (χ3v) is 4.26. The molecule has 1 aliphatic heterocycles. The number of aryl methyl sites for hydroxylation is 1. The molecule has 1 fully saturated rings. The summed E-state index contributed by atoms with van der Waals surface area (Å²) in [6, 6.07) is 7.24. The molecular weight excluding hydrogens is 294 g/mol. The van der Waals surface area contributed by atoms with Crippen LogP contribution < -0.4 is 10.9 Å². The summed E-state index contributed by atoms with van der Waals surface area (Å²) in [5, 5.41) is 8.56. The van der Waals surface area contributed by atoms with E-state index in [2.05, 4.69) is 10.4 Å². The Labute approximate surface area is 134 Å². The molecular formula is C17H21N3O3. The number of hydrogen-bond acceptors (Lipinski definition) is 4. The average molecular weight is 315 g/mol. The summed E-state index contributed by atoms with van der Waals surface area (Å²) in [5.41, 5.74) is 0.492. The lowest BCUT2D eigenvalue weighted by Gasteiger charge is -2.20. The monoisotopic (exact) mass is 315 g/mol. The highest BCUT2D eigenvalue weighted by molar-refractivity contribution is 5.83. The third-order valence-electron chi connectivity index (χ3n) is 4.26. The van der Waals surface area contributed by atoms with Crippen molar-refractivity contribution in [1.82, 2.24) is 15.1 Å². The van der Waals surface area contributed by atoms with E-state index in [0.29, 0.717) is 5.39 Å². The van der Waals surface area contributed by atoms with Gasteiger partial charge in [-0.1, -0.05) is 18.2 Å². The highest BCUT2D eigenvalue weighted by Crippen LogP contribution is 2.15. The third kappa shape index (κ3) is 3.27. The largest absolute Gasteiger partial charge is 0.376 e. The molecule has 6 nitrogen and oxygen atoms in total. The van der Waals surface area contributed by atoms with Gasteiger partial charge >= 0.3 is 0 Å². The lowest BCUT2D eigenvalue weighted by molar-refractivity contribution is -0.123. The number of nitrogens with one attached hydrogen (secondary N) is 1. The molecule has 1 aromatic carbocycles. The fourth-order valence-electron chi connectivity index (χ4n) is 3.04. The van der Waals surface area contributed by atoms with Crippen LogP contribution in [0.15, 0.2) is 29.1 Å². The van der Waals surface area contributed by atoms with Gasteiger partial charge in [0.25, 0.3) is 5.56 Å². The number of ether oxygens (including phenoxy) is 1. The molecule has 122 valence electrons. The molecule has 1 N–H and O–H groups in total. The van der Waals surface area contributed by atoms with Crippen LogP contribution in [0.4, 0.5) is 0 Å². The van der Waals surface area contributed by atoms with Gasteiger partial charge in [-0.3, -0.25) is 9.59 Å². The lowest BCUT2D eigenvalue weighted by atomic mass is 10.1. The zero-order chi connectivity index (χ0) is 16.4. The first-order valence-corrected chi connectivity index (χ1v) is 7.93. The normalized spacial score (nSPS) is 19.0. The number of amides is 1. The number of rotatable bonds is 4. The van der Waals surface area contributed by atoms with Crippen molar-refractivity contribution in [1.29, 1.82) is 0 Å². The number of aromatic nitrogens is 2. The second-order valence-corrected chi connectivity index (χ2v) is 6.00. The van der Waals surface area contributed by atoms with E-state index in [9.17, 15) is 9.59 Å². The van der Waals surface area contributed by atoms with Gasteiger partial charge in [0.15, 0.2) is 0 Å². The van der Waals surface area contributed by atoms with Crippen LogP contribution in [0.3, 0.4) is 0 Å². The van der Waals surface area contributed by atoms with E-state index >= 15 is 0 Å². The van der Waals surface area contributed by atoms with Gasteiger partial charge in [-0.15, -0.1) is 0 Å². The number of nitrogens with zero attached hydrogens (tertiary/aromatic N) is 2. The number of carbonyl (C=O) groups excluding carboxylic acids is 1. The smallest absolute Gasteiger partial charge is 0.275 e. The Morgan fingerprint density at radius 3 is 2.87 bits per heavy atom. The molecule has 23 heavy (non-hydrogen) atoms. The minimum atomic E-state index is -0.244. The molecule has 0 radical (unpaired) electrons. The van der Waals surface area contributed by atoms with Gasteiger partial charge in [0.1, 0.15) is 6.54 Å². The van der Waals surface area contributed by atoms with Crippen LogP contribution in [0.2, 0.25) is 0 Å². The van der Waals surface area contributed by atoms with Crippen molar-refractivity contribution in [3.63, 3.8) is 0 Å². The molecule has 0 unspecified atom stereocenters. The first kappa shape index (κ1) is 15.7. The molecule has 1 amide bonds. The molecule has 0 aliphatic carbocycles. The van der Waals surface area contributed by atoms with Gasteiger partial charge in [0, 0.05) is 12.0 Å². The Morgan fingerprint density at radius 1 is 1.43 bits per heavy atom. The van der Waals surface area contributed by atoms with Crippen LogP contribution in [0, 0.1) is 6.92 Å². The highest BCUT2D eigenvalue weighted by Gasteiger charge is 2.24. The molecule has 0 spiro atoms. The Kier molecular flexibility index (Phi) is 4.43. The second-order valence-electron chi connectivity index (χ2n) is 6.00. The highest BCUT2D eigenvalue weighted by atomic mass is 16.5. The molecule has 6 heteroatoms. The summed E-state index contributed by atoms with van der Waals surface area (Å²) < 4.78 is 6.80. The predicted molar refractivity (Wildman–Crippen MR) is 87.3 cm³/mol. The standard InChI is InChI=1S/C17H21N3O3/c1-11-13-6-3-4-7-14(13)17(22)20(19-11)10-16(21)18-12(2)15-8-5-9-23-15/h3-4,6-7,12,15H,5,8-10H2,1-2H3,(H,18,21)/t12-,15+/m0/s1. The summed E-state index contributed by atoms with van der Waals surface area (Å²) in [6.45, 7) is 4.43. The number of carbonyl (C=O) groups is 1. The van der Waals surface area contributed by atoms with Crippen LogP contribution in [0.5, 0.6) is 0 Å². The van der Waals surface area contributed by atoms with Crippen molar-refractivity contribution in [2.75, 3.05) is 6.61 Å². The molecule has 0 bridgehead atoms. The van der Waals surface area contributed by atoms with E-state index in [0.717, 1.165) is 30.5 Å². The van der Waals surface area contributed by atoms with Crippen LogP contribution in [0.1, 0.15) is 25.5 Å². The maximum atomic E-state index is 12.5. The van der Waals surface area contributed by atoms with Crippen LogP contribution in [0.25, 0.3) is 10.8 Å². The summed E-state index contributed by atoms with van der Waals surface area (Å²) >= 11 is 0. The van der Waals surface area contributed by atoms with E-state index in [1.165, 1.54) is 4.68 Å². The molecule has 1 saturated heterocycles. The van der Waals surface area contributed by atoms with Crippen molar-refractivity contribution >= 4 is 16.7 Å². The molecule has 2 atom stereocenters. The minimum absolute atomic E-state index is 0.0574. The van der Waals surface area contributed by atoms with Crippen LogP contribution in [-0.4, -0.2) is 34.4 Å². The first-order valence-electron chi connectivity index (χ1n) is 7.93. The van der Waals surface area contributed by atoms with E-state index < -0.39 is 0 Å². The Morgan fingerprint density at radius 2 is 2.17 bits per heavy atom. The quantitative estimate of drug-likeness (QED) is 0.925. The fourth-order valence-corrected chi connectivity index (χ4v) is 3.04. The topological polar surface area (TPSA) is 73.2 Å². The Balaban J connectivity index is 1.77. The van der Waals surface area contributed by atoms with Gasteiger partial charge in [-0.05, 0) is 32.8 Å². The van der Waals surface area contributed by atoms with Crippen molar-refractivity contribution in [3.8, 4) is 0 Å². The van der Waals surface area contributed by atoms with Gasteiger partial charge < -0.3 is 10.1 Å². The second kappa shape index (κ2) is 6.50. The summed E-state index contributed by atoms with van der Waals surface area (Å²) in [5.74, 6) is -0.225. The molecule has 2 aromatic rings. The Bertz CT molecular complexity index is 778. The lowest BCUT2D eigenvalue weighted by Crippen LogP contribution is -2.43. The number of fused-ring (bicyclic) bond motifs is 1. The van der Waals surface area contributed by atoms with E-state index in [1.807, 2.05) is 32.0 Å². The van der Waals surface area contributed by atoms with Gasteiger partial charge in [-0.25, -0.2) is 4.68 Å². The van der Waals surface area contributed by atoms with Gasteiger partial charge in [0.2, 0.25) is 5.91 Å². The molecule has 1 aliphatic rings. The van der Waals surface area contributed by atoms with Crippen LogP contribution in [-0.2, 0) is 16.1 Å². The van der Waals surface area contributed by atoms with Gasteiger partial charge in [-0.2, -0.15) is 5.10 Å². The fraction of sp³-hybridized carbons (Fsp3) is 0.471. The molecule has 0 saturated carbocycles. The predicted octanol–water partition coefficient (Wildman–Crippen LogP) is 1.39. The van der Waals surface area contributed by atoms with Crippen molar-refractivity contribution < 1.29 is 9.53 Å². The molecule has 1 aromatic heterocycles. The maximum absolute atomic E-state index is 12.5. The number of hydrogen-bond donors (Lipinski definition) is 1. The average Bonchev–Trinajstić information content (AvgIpc) is 3.07. The van der Waals surface area contributed by atoms with E-state index in [1.54, 1.807) is 6.07 Å².